The predicted octanol–water partition coefficient (Wildman–Crippen LogP) is 3.36. The van der Waals surface area contributed by atoms with Crippen LogP contribution in [0.1, 0.15) is 25.3 Å². The maximum Gasteiger partial charge on any atom is 0.136 e. The maximum absolute atomic E-state index is 6.13. The molecule has 1 aliphatic rings. The highest BCUT2D eigenvalue weighted by Gasteiger charge is 2.19. The van der Waals surface area contributed by atoms with Crippen molar-refractivity contribution < 1.29 is 0 Å². The molecule has 0 aliphatic carbocycles. The Morgan fingerprint density at radius 1 is 1.21 bits per heavy atom. The lowest BCUT2D eigenvalue weighted by Crippen LogP contribution is -2.33. The highest BCUT2D eigenvalue weighted by atomic mass is 15.2. The molecule has 2 N–H and O–H groups in total. The lowest BCUT2D eigenvalue weighted by molar-refractivity contribution is 0.437. The summed E-state index contributed by atoms with van der Waals surface area (Å²) in [5, 5.41) is 2.31. The zero-order valence-electron chi connectivity index (χ0n) is 11.7. The van der Waals surface area contributed by atoms with E-state index in [4.69, 9.17) is 5.73 Å². The third kappa shape index (κ3) is 2.25. The number of nitrogens with zero attached hydrogens (tertiary/aromatic N) is 2. The summed E-state index contributed by atoms with van der Waals surface area (Å²) in [4.78, 5) is 7.01. The highest BCUT2D eigenvalue weighted by molar-refractivity contribution is 6.00. The van der Waals surface area contributed by atoms with E-state index in [9.17, 15) is 0 Å². The van der Waals surface area contributed by atoms with Crippen molar-refractivity contribution in [3.05, 3.63) is 30.0 Å². The molecule has 0 amide bonds. The Balaban J connectivity index is 2.08. The van der Waals surface area contributed by atoms with Crippen molar-refractivity contribution in [1.29, 1.82) is 0 Å². The number of aryl methyl sites for hydroxylation is 1. The molecule has 3 rings (SSSR count). The van der Waals surface area contributed by atoms with Crippen molar-refractivity contribution in [3.63, 3.8) is 0 Å². The molecule has 3 heteroatoms. The summed E-state index contributed by atoms with van der Waals surface area (Å²) < 4.78 is 0. The quantitative estimate of drug-likeness (QED) is 0.794. The molecule has 1 aliphatic heterocycles. The smallest absolute Gasteiger partial charge is 0.136 e. The van der Waals surface area contributed by atoms with Gasteiger partial charge in [0.1, 0.15) is 5.82 Å². The molecule has 1 aromatic heterocycles. The van der Waals surface area contributed by atoms with Gasteiger partial charge in [-0.2, -0.15) is 0 Å². The molecule has 0 bridgehead atoms. The zero-order valence-corrected chi connectivity index (χ0v) is 11.7. The number of hydrogen-bond acceptors (Lipinski definition) is 3. The van der Waals surface area contributed by atoms with Crippen LogP contribution in [0.3, 0.4) is 0 Å². The van der Waals surface area contributed by atoms with Gasteiger partial charge in [-0.15, -0.1) is 0 Å². The normalized spacial score (nSPS) is 17.1. The Kier molecular flexibility index (Phi) is 3.05. The van der Waals surface area contributed by atoms with Crippen LogP contribution in [0.5, 0.6) is 0 Å². The molecule has 19 heavy (non-hydrogen) atoms. The fraction of sp³-hybridized carbons (Fsp3) is 0.438. The average Bonchev–Trinajstić information content (AvgIpc) is 2.39. The summed E-state index contributed by atoms with van der Waals surface area (Å²) >= 11 is 0. The van der Waals surface area contributed by atoms with E-state index in [0.29, 0.717) is 0 Å². The number of nitrogens with two attached hydrogens (primary N) is 1. The van der Waals surface area contributed by atoms with E-state index in [1.165, 1.54) is 23.8 Å². The number of benzene rings is 1. The number of fused-ring (bicyclic) bond motifs is 1. The van der Waals surface area contributed by atoms with Gasteiger partial charge in [0, 0.05) is 35.7 Å². The van der Waals surface area contributed by atoms with Crippen molar-refractivity contribution in [2.24, 2.45) is 5.92 Å². The first-order valence-electron chi connectivity index (χ1n) is 7.05. The van der Waals surface area contributed by atoms with Gasteiger partial charge < -0.3 is 10.6 Å². The second-order valence-electron chi connectivity index (χ2n) is 5.75. The van der Waals surface area contributed by atoms with Crippen LogP contribution >= 0.6 is 0 Å². The minimum atomic E-state index is 0.832. The van der Waals surface area contributed by atoms with Crippen molar-refractivity contribution in [2.45, 2.75) is 26.7 Å². The van der Waals surface area contributed by atoms with E-state index in [0.717, 1.165) is 35.9 Å². The fourth-order valence-corrected chi connectivity index (χ4v) is 2.92. The van der Waals surface area contributed by atoms with E-state index >= 15 is 0 Å². The molecule has 3 nitrogen and oxygen atoms in total. The van der Waals surface area contributed by atoms with Gasteiger partial charge in [-0.25, -0.2) is 4.98 Å². The minimum Gasteiger partial charge on any atom is -0.398 e. The molecule has 0 atom stereocenters. The van der Waals surface area contributed by atoms with Crippen LogP contribution in [0.15, 0.2) is 24.4 Å². The number of piperidine rings is 1. The van der Waals surface area contributed by atoms with Crippen LogP contribution in [0.25, 0.3) is 10.8 Å². The molecule has 0 spiro atoms. The molecule has 100 valence electrons. The highest BCUT2D eigenvalue weighted by Crippen LogP contribution is 2.31. The van der Waals surface area contributed by atoms with Gasteiger partial charge in [0.05, 0.1) is 0 Å². The summed E-state index contributed by atoms with van der Waals surface area (Å²) in [5.74, 6) is 1.93. The zero-order chi connectivity index (χ0) is 13.4. The lowest BCUT2D eigenvalue weighted by atomic mass is 9.98. The SMILES string of the molecule is Cc1cc(N)c2ccnc(N3CCC(C)CC3)c2c1. The first-order chi connectivity index (χ1) is 9.15. The molecular weight excluding hydrogens is 234 g/mol. The van der Waals surface area contributed by atoms with Crippen molar-refractivity contribution in [3.8, 4) is 0 Å². The van der Waals surface area contributed by atoms with Crippen LogP contribution in [-0.4, -0.2) is 18.1 Å². The molecule has 0 saturated carbocycles. The molecule has 1 aromatic carbocycles. The van der Waals surface area contributed by atoms with E-state index in [2.05, 4.69) is 29.8 Å². The van der Waals surface area contributed by atoms with E-state index in [1.807, 2.05) is 18.3 Å². The van der Waals surface area contributed by atoms with Crippen LogP contribution in [-0.2, 0) is 0 Å². The summed E-state index contributed by atoms with van der Waals surface area (Å²) in [6, 6.07) is 6.25. The summed E-state index contributed by atoms with van der Waals surface area (Å²) in [6.45, 7) is 6.61. The number of rotatable bonds is 1. The number of pyridine rings is 1. The minimum absolute atomic E-state index is 0.832. The molecular formula is C16H21N3. The number of aromatic nitrogens is 1. The molecule has 2 aromatic rings. The van der Waals surface area contributed by atoms with Gasteiger partial charge in [-0.05, 0) is 49.4 Å². The predicted molar refractivity (Wildman–Crippen MR) is 81.5 cm³/mol. The summed E-state index contributed by atoms with van der Waals surface area (Å²) in [7, 11) is 0. The lowest BCUT2D eigenvalue weighted by Gasteiger charge is -2.32. The second kappa shape index (κ2) is 4.72. The van der Waals surface area contributed by atoms with Gasteiger partial charge in [-0.3, -0.25) is 0 Å². The maximum atomic E-state index is 6.13. The number of hydrogen-bond donors (Lipinski definition) is 1. The third-order valence-electron chi connectivity index (χ3n) is 4.12. The Bertz CT molecular complexity index is 598. The molecule has 2 heterocycles. The largest absolute Gasteiger partial charge is 0.398 e. The van der Waals surface area contributed by atoms with Gasteiger partial charge in [0.2, 0.25) is 0 Å². The van der Waals surface area contributed by atoms with Crippen molar-refractivity contribution in [2.75, 3.05) is 23.7 Å². The summed E-state index contributed by atoms with van der Waals surface area (Å²) in [5.41, 5.74) is 8.18. The van der Waals surface area contributed by atoms with Crippen LogP contribution in [0.4, 0.5) is 11.5 Å². The Hall–Kier alpha value is -1.77. The van der Waals surface area contributed by atoms with E-state index < -0.39 is 0 Å². The van der Waals surface area contributed by atoms with Crippen LogP contribution in [0.2, 0.25) is 0 Å². The van der Waals surface area contributed by atoms with Crippen molar-refractivity contribution >= 4 is 22.3 Å². The van der Waals surface area contributed by atoms with Crippen LogP contribution in [0, 0.1) is 12.8 Å². The topological polar surface area (TPSA) is 42.1 Å². The van der Waals surface area contributed by atoms with Gasteiger partial charge >= 0.3 is 0 Å². The average molecular weight is 255 g/mol. The molecule has 1 fully saturated rings. The van der Waals surface area contributed by atoms with Gasteiger partial charge in [0.15, 0.2) is 0 Å². The number of anilines is 2. The van der Waals surface area contributed by atoms with Crippen LogP contribution < -0.4 is 10.6 Å². The Morgan fingerprint density at radius 3 is 2.68 bits per heavy atom. The van der Waals surface area contributed by atoms with Crippen molar-refractivity contribution in [1.82, 2.24) is 4.98 Å². The second-order valence-corrected chi connectivity index (χ2v) is 5.75. The van der Waals surface area contributed by atoms with E-state index in [-0.39, 0.29) is 0 Å². The first-order valence-corrected chi connectivity index (χ1v) is 7.05. The number of nitrogen functional groups attached to an aromatic ring is 1. The molecule has 1 saturated heterocycles. The first kappa shape index (κ1) is 12.3. The fourth-order valence-electron chi connectivity index (χ4n) is 2.92. The van der Waals surface area contributed by atoms with Gasteiger partial charge in [-0.1, -0.05) is 6.92 Å². The van der Waals surface area contributed by atoms with Gasteiger partial charge in [0.25, 0.3) is 0 Å². The monoisotopic (exact) mass is 255 g/mol. The molecule has 0 unspecified atom stereocenters. The third-order valence-corrected chi connectivity index (χ3v) is 4.12. The molecule has 0 radical (unpaired) electrons. The summed E-state index contributed by atoms with van der Waals surface area (Å²) in [6.07, 6.45) is 4.38. The standard InChI is InChI=1S/C16H21N3/c1-11-4-7-19(8-5-11)16-14-9-12(2)10-15(17)13(14)3-6-18-16/h3,6,9-11H,4-5,7-8,17H2,1-2H3. The Labute approximate surface area is 114 Å². The Morgan fingerprint density at radius 2 is 1.95 bits per heavy atom. The van der Waals surface area contributed by atoms with E-state index in [1.54, 1.807) is 0 Å².